The quantitative estimate of drug-likeness (QED) is 0.115. The van der Waals surface area contributed by atoms with Gasteiger partial charge >= 0.3 is 6.72 Å². The number of imidazole rings is 2. The highest BCUT2D eigenvalue weighted by Crippen LogP contribution is 2.68. The van der Waals surface area contributed by atoms with Gasteiger partial charge in [-0.2, -0.15) is 4.98 Å². The maximum atomic E-state index is 12.3. The summed E-state index contributed by atoms with van der Waals surface area (Å²) in [6.45, 7) is -3.20. The molecule has 0 radical (unpaired) electrons. The molecule has 2 aliphatic heterocycles. The number of nitrogens with two attached hydrogens (primary N) is 2. The first-order valence-corrected chi connectivity index (χ1v) is 16.0. The zero-order valence-corrected chi connectivity index (χ0v) is 25.0. The fourth-order valence-electron chi connectivity index (χ4n) is 6.13. The Labute approximate surface area is 252 Å². The standard InChI is InChI=1S/C23H29N10O9PS/c1-22(14(35)13(38-2)19(41-22)32-7-28-11-15(24)26-6-27-16(11)32)5-39-43(37,44)42-23-3-9(23)10(4-34)40-20(23)33-8-29-12-17(33)30-21(25)31-18(12)36/h6-10,13-14,19-20,34-35H,3-5H2,1-2H3,(H,37,44)(H2,24,26,27)(H3,25,30,31,36)/t9-,10+,13+,14-,19+,20+,22?,23-,43?/m0/s1. The molecule has 236 valence electrons. The van der Waals surface area contributed by atoms with E-state index in [4.69, 9.17) is 46.5 Å². The molecule has 21 heteroatoms. The molecule has 7 rings (SSSR count). The minimum Gasteiger partial charge on any atom is -0.394 e. The van der Waals surface area contributed by atoms with Crippen LogP contribution < -0.4 is 17.0 Å². The molecule has 2 unspecified atom stereocenters. The van der Waals surface area contributed by atoms with Crippen molar-refractivity contribution in [3.8, 4) is 0 Å². The molecule has 4 aromatic rings. The number of H-pyrrole nitrogens is 1. The second-order valence-corrected chi connectivity index (χ2v) is 13.9. The topological polar surface area (TPSA) is 266 Å². The zero-order chi connectivity index (χ0) is 31.2. The Hall–Kier alpha value is -3.17. The van der Waals surface area contributed by atoms with E-state index in [2.05, 4.69) is 29.9 Å². The van der Waals surface area contributed by atoms with Gasteiger partial charge in [-0.15, -0.1) is 0 Å². The van der Waals surface area contributed by atoms with Gasteiger partial charge < -0.3 is 45.3 Å². The first-order valence-electron chi connectivity index (χ1n) is 13.4. The van der Waals surface area contributed by atoms with Crippen LogP contribution in [0.1, 0.15) is 25.8 Å². The number of nitrogen functional groups attached to an aromatic ring is 2. The Morgan fingerprint density at radius 3 is 2.70 bits per heavy atom. The van der Waals surface area contributed by atoms with Crippen LogP contribution in [0.2, 0.25) is 0 Å². The SMILES string of the molecule is CO[C@H]1[C@H](n2cnc3c(N)ncnc32)OC(C)(COP(O)(=S)O[C@@]23C[C@H]2[C@@H](CO)O[C@H]3n2cnc3c(=O)[nH]c(N)nc32)[C@H]1O. The number of fused-ring (bicyclic) bond motifs is 3. The lowest BCUT2D eigenvalue weighted by molar-refractivity contribution is -0.116. The second-order valence-electron chi connectivity index (χ2n) is 11.1. The maximum absolute atomic E-state index is 12.3. The smallest absolute Gasteiger partial charge is 0.325 e. The van der Waals surface area contributed by atoms with Gasteiger partial charge in [-0.3, -0.25) is 23.4 Å². The van der Waals surface area contributed by atoms with Crippen LogP contribution in [0, 0.1) is 5.92 Å². The van der Waals surface area contributed by atoms with E-state index in [-0.39, 0.29) is 42.1 Å². The van der Waals surface area contributed by atoms with Crippen molar-refractivity contribution < 1.29 is 38.4 Å². The Bertz CT molecular complexity index is 1870. The molecule has 0 amide bonds. The largest absolute Gasteiger partial charge is 0.394 e. The van der Waals surface area contributed by atoms with E-state index in [1.807, 2.05) is 0 Å². The lowest BCUT2D eigenvalue weighted by atomic mass is 9.98. The lowest BCUT2D eigenvalue weighted by Crippen LogP contribution is -2.44. The molecule has 6 heterocycles. The average molecular weight is 653 g/mol. The predicted octanol–water partition coefficient (Wildman–Crippen LogP) is -1.31. The molecular weight excluding hydrogens is 623 g/mol. The van der Waals surface area contributed by atoms with E-state index in [1.54, 1.807) is 11.5 Å². The highest BCUT2D eigenvalue weighted by molar-refractivity contribution is 8.07. The molecule has 9 atom stereocenters. The maximum Gasteiger partial charge on any atom is 0.325 e. The highest BCUT2D eigenvalue weighted by Gasteiger charge is 2.72. The van der Waals surface area contributed by atoms with Gasteiger partial charge in [-0.25, -0.2) is 19.9 Å². The van der Waals surface area contributed by atoms with Crippen LogP contribution in [-0.4, -0.2) is 104 Å². The average Bonchev–Trinajstić information content (AvgIpc) is 3.31. The molecular formula is C23H29N10O9PS. The van der Waals surface area contributed by atoms with Crippen LogP contribution in [0.15, 0.2) is 23.8 Å². The van der Waals surface area contributed by atoms with E-state index >= 15 is 0 Å². The van der Waals surface area contributed by atoms with E-state index < -0.39 is 54.2 Å². The number of aromatic amines is 1. The molecule has 1 aliphatic carbocycles. The Morgan fingerprint density at radius 2 is 1.95 bits per heavy atom. The first-order chi connectivity index (χ1) is 20.9. The van der Waals surface area contributed by atoms with Gasteiger partial charge in [-0.1, -0.05) is 0 Å². The third kappa shape index (κ3) is 4.44. The molecule has 2 saturated heterocycles. The summed E-state index contributed by atoms with van der Waals surface area (Å²) in [5.41, 5.74) is 9.33. The molecule has 0 spiro atoms. The van der Waals surface area contributed by atoms with Crippen LogP contribution in [-0.2, 0) is 35.1 Å². The number of aliphatic hydroxyl groups is 2. The summed E-state index contributed by atoms with van der Waals surface area (Å²) in [4.78, 5) is 46.7. The molecule has 19 nitrogen and oxygen atoms in total. The highest BCUT2D eigenvalue weighted by atomic mass is 32.5. The molecule has 3 aliphatic rings. The summed E-state index contributed by atoms with van der Waals surface area (Å²) in [6, 6.07) is 0. The fourth-order valence-corrected chi connectivity index (χ4v) is 7.91. The number of hydrogen-bond donors (Lipinski definition) is 6. The van der Waals surface area contributed by atoms with Gasteiger partial charge in [0.1, 0.15) is 35.3 Å². The number of aliphatic hydroxyl groups excluding tert-OH is 2. The Morgan fingerprint density at radius 1 is 1.20 bits per heavy atom. The van der Waals surface area contributed by atoms with Gasteiger partial charge in [0.2, 0.25) is 5.95 Å². The molecule has 0 bridgehead atoms. The number of nitrogens with one attached hydrogen (secondary N) is 1. The number of nitrogens with zero attached hydrogens (tertiary/aromatic N) is 7. The van der Waals surface area contributed by atoms with Crippen molar-refractivity contribution in [1.29, 1.82) is 0 Å². The molecule has 1 saturated carbocycles. The van der Waals surface area contributed by atoms with E-state index in [0.29, 0.717) is 17.6 Å². The van der Waals surface area contributed by atoms with Gasteiger partial charge in [0, 0.05) is 13.0 Å². The van der Waals surface area contributed by atoms with Crippen molar-refractivity contribution in [1.82, 2.24) is 39.0 Å². The summed E-state index contributed by atoms with van der Waals surface area (Å²) in [5.74, 6) is -0.312. The van der Waals surface area contributed by atoms with Gasteiger partial charge in [0.05, 0.1) is 32.0 Å². The fraction of sp³-hybridized carbons (Fsp3) is 0.565. The summed E-state index contributed by atoms with van der Waals surface area (Å²) in [6.07, 6.45) is -0.244. The predicted molar refractivity (Wildman–Crippen MR) is 153 cm³/mol. The number of methoxy groups -OCH3 is 1. The monoisotopic (exact) mass is 652 g/mol. The summed E-state index contributed by atoms with van der Waals surface area (Å²) < 4.78 is 32.8. The van der Waals surface area contributed by atoms with Gasteiger partial charge in [0.15, 0.2) is 35.1 Å². The lowest BCUT2D eigenvalue weighted by Gasteiger charge is -2.31. The van der Waals surface area contributed by atoms with E-state index in [9.17, 15) is 19.9 Å². The minimum absolute atomic E-state index is 0.0182. The molecule has 4 aromatic heterocycles. The van der Waals surface area contributed by atoms with Crippen molar-refractivity contribution in [3.05, 3.63) is 29.3 Å². The Kier molecular flexibility index (Phi) is 6.83. The van der Waals surface area contributed by atoms with Crippen LogP contribution in [0.25, 0.3) is 22.3 Å². The van der Waals surface area contributed by atoms with Crippen molar-refractivity contribution in [2.45, 2.75) is 55.3 Å². The van der Waals surface area contributed by atoms with Gasteiger partial charge in [0.25, 0.3) is 5.56 Å². The van der Waals surface area contributed by atoms with E-state index in [1.165, 1.54) is 30.7 Å². The number of hydrogen-bond acceptors (Lipinski definition) is 16. The van der Waals surface area contributed by atoms with Crippen molar-refractivity contribution in [2.24, 2.45) is 5.92 Å². The minimum atomic E-state index is -4.06. The number of anilines is 2. The number of ether oxygens (including phenoxy) is 3. The third-order valence-corrected chi connectivity index (χ3v) is 9.97. The normalized spacial score (nSPS) is 34.5. The van der Waals surface area contributed by atoms with Crippen LogP contribution in [0.4, 0.5) is 11.8 Å². The Balaban J connectivity index is 1.13. The van der Waals surface area contributed by atoms with Crippen molar-refractivity contribution in [2.75, 3.05) is 31.8 Å². The third-order valence-electron chi connectivity index (χ3n) is 8.40. The van der Waals surface area contributed by atoms with E-state index in [0.717, 1.165) is 0 Å². The molecule has 3 fully saturated rings. The van der Waals surface area contributed by atoms with Gasteiger partial charge in [-0.05, 0) is 25.2 Å². The number of aromatic nitrogens is 8. The van der Waals surface area contributed by atoms with Crippen molar-refractivity contribution >= 4 is 52.6 Å². The molecule has 8 N–H and O–H groups in total. The summed E-state index contributed by atoms with van der Waals surface area (Å²) >= 11 is 5.41. The zero-order valence-electron chi connectivity index (χ0n) is 23.2. The summed E-state index contributed by atoms with van der Waals surface area (Å²) in [5, 5.41) is 21.2. The second kappa shape index (κ2) is 10.2. The van der Waals surface area contributed by atoms with Crippen LogP contribution in [0.5, 0.6) is 0 Å². The van der Waals surface area contributed by atoms with Crippen molar-refractivity contribution in [3.63, 3.8) is 0 Å². The van der Waals surface area contributed by atoms with Crippen LogP contribution in [0.3, 0.4) is 0 Å². The molecule has 44 heavy (non-hydrogen) atoms. The first kappa shape index (κ1) is 29.5. The van der Waals surface area contributed by atoms with Crippen LogP contribution >= 0.6 is 6.72 Å². The number of rotatable bonds is 9. The summed E-state index contributed by atoms with van der Waals surface area (Å²) in [7, 11) is 1.42. The molecule has 0 aromatic carbocycles.